The average molecular weight is 379 g/mol. The molecule has 1 aliphatic rings. The Bertz CT molecular complexity index is 1010. The highest BCUT2D eigenvalue weighted by Gasteiger charge is 2.26. The second-order valence-corrected chi connectivity index (χ2v) is 7.29. The Kier molecular flexibility index (Phi) is 4.62. The van der Waals surface area contributed by atoms with Crippen LogP contribution in [-0.4, -0.2) is 30.1 Å². The molecule has 1 aromatic carbocycles. The number of aromatic nitrogens is 1. The number of hydrogen-bond acceptors (Lipinski definition) is 8. The summed E-state index contributed by atoms with van der Waals surface area (Å²) in [7, 11) is 0. The van der Waals surface area contributed by atoms with E-state index in [0.717, 1.165) is 25.1 Å². The number of nitrogen functional groups attached to an aromatic ring is 1. The monoisotopic (exact) mass is 379 g/mol. The number of rotatable bonds is 5. The predicted octanol–water partition coefficient (Wildman–Crippen LogP) is 2.86. The van der Waals surface area contributed by atoms with Crippen molar-refractivity contribution in [2.75, 3.05) is 24.1 Å². The molecule has 3 aromatic rings. The summed E-state index contributed by atoms with van der Waals surface area (Å²) in [6, 6.07) is 13.4. The van der Waals surface area contributed by atoms with Gasteiger partial charge < -0.3 is 20.9 Å². The first-order chi connectivity index (χ1) is 13.2. The number of carbonyl (C=O) groups is 1. The maximum absolute atomic E-state index is 12.9. The number of benzene rings is 1. The van der Waals surface area contributed by atoms with Crippen molar-refractivity contribution in [2.24, 2.45) is 0 Å². The average Bonchev–Trinajstić information content (AvgIpc) is 3.43. The molecule has 1 atom stereocenters. The van der Waals surface area contributed by atoms with Crippen LogP contribution >= 0.6 is 11.3 Å². The zero-order valence-corrected chi connectivity index (χ0v) is 15.2. The number of nitrogens with two attached hydrogens (primary N) is 1. The molecular formula is C19H17N5O2S. The molecule has 2 aromatic heterocycles. The van der Waals surface area contributed by atoms with Crippen molar-refractivity contribution in [3.8, 4) is 17.3 Å². The third kappa shape index (κ3) is 3.30. The first-order valence-corrected chi connectivity index (χ1v) is 9.35. The van der Waals surface area contributed by atoms with E-state index in [2.05, 4.69) is 21.9 Å². The van der Waals surface area contributed by atoms with E-state index < -0.39 is 0 Å². The zero-order valence-electron chi connectivity index (χ0n) is 14.4. The fourth-order valence-electron chi connectivity index (χ4n) is 3.03. The smallest absolute Gasteiger partial charge is 0.243 e. The number of hydrogen-bond donors (Lipinski definition) is 3. The number of thiophene rings is 1. The zero-order chi connectivity index (χ0) is 18.8. The van der Waals surface area contributed by atoms with Crippen molar-refractivity contribution in [2.45, 2.75) is 12.5 Å². The highest BCUT2D eigenvalue weighted by molar-refractivity contribution is 7.19. The molecule has 1 saturated heterocycles. The highest BCUT2D eigenvalue weighted by Crippen LogP contribution is 2.37. The number of nitriles is 1. The third-order valence-electron chi connectivity index (χ3n) is 4.46. The number of anilines is 2. The van der Waals surface area contributed by atoms with Gasteiger partial charge in [-0.15, -0.1) is 11.3 Å². The molecule has 0 spiro atoms. The van der Waals surface area contributed by atoms with Gasteiger partial charge in [-0.3, -0.25) is 4.79 Å². The molecule has 0 aliphatic carbocycles. The predicted molar refractivity (Wildman–Crippen MR) is 104 cm³/mol. The van der Waals surface area contributed by atoms with Crippen LogP contribution in [0.4, 0.5) is 10.7 Å². The minimum atomic E-state index is -0.374. The number of carbonyl (C=O) groups excluding carboxylic acids is 1. The largest absolute Gasteiger partial charge is 0.396 e. The lowest BCUT2D eigenvalue weighted by molar-refractivity contribution is 0.100. The molecule has 0 saturated carbocycles. The normalized spacial score (nSPS) is 16.2. The van der Waals surface area contributed by atoms with Crippen LogP contribution in [0.2, 0.25) is 0 Å². The van der Waals surface area contributed by atoms with E-state index in [1.807, 2.05) is 30.3 Å². The standard InChI is InChI=1S/C19H17N5O2S/c20-9-13-16(21)18(27-19(13)23-12-6-7-22-10-12)17(25)15-8-14(24-26-15)11-4-2-1-3-5-11/h1-5,8,12,22-23H,6-7,10,21H2. The summed E-state index contributed by atoms with van der Waals surface area (Å²) in [5, 5.41) is 20.6. The number of nitrogens with zero attached hydrogens (tertiary/aromatic N) is 2. The number of nitrogens with one attached hydrogen (secondary N) is 2. The molecule has 7 nitrogen and oxygen atoms in total. The summed E-state index contributed by atoms with van der Waals surface area (Å²) in [6.45, 7) is 1.74. The Morgan fingerprint density at radius 3 is 2.93 bits per heavy atom. The maximum atomic E-state index is 12.9. The van der Waals surface area contributed by atoms with Crippen LogP contribution in [0.3, 0.4) is 0 Å². The summed E-state index contributed by atoms with van der Waals surface area (Å²) in [6.07, 6.45) is 0.953. The van der Waals surface area contributed by atoms with Crippen molar-refractivity contribution in [3.63, 3.8) is 0 Å². The molecular weight excluding hydrogens is 362 g/mol. The molecule has 27 heavy (non-hydrogen) atoms. The quantitative estimate of drug-likeness (QED) is 0.584. The summed E-state index contributed by atoms with van der Waals surface area (Å²) < 4.78 is 5.24. The van der Waals surface area contributed by atoms with Gasteiger partial charge in [0.15, 0.2) is 0 Å². The molecule has 0 amide bonds. The van der Waals surface area contributed by atoms with Gasteiger partial charge in [-0.1, -0.05) is 35.5 Å². The fourth-order valence-corrected chi connectivity index (χ4v) is 4.12. The van der Waals surface area contributed by atoms with E-state index in [0.29, 0.717) is 16.3 Å². The van der Waals surface area contributed by atoms with E-state index in [4.69, 9.17) is 10.3 Å². The lowest BCUT2D eigenvalue weighted by Gasteiger charge is -2.10. The molecule has 136 valence electrons. The van der Waals surface area contributed by atoms with Gasteiger partial charge >= 0.3 is 0 Å². The van der Waals surface area contributed by atoms with Gasteiger partial charge in [0, 0.05) is 24.2 Å². The summed E-state index contributed by atoms with van der Waals surface area (Å²) in [5.41, 5.74) is 8.01. The van der Waals surface area contributed by atoms with Crippen molar-refractivity contribution < 1.29 is 9.32 Å². The SMILES string of the molecule is N#Cc1c(NC2CCNC2)sc(C(=O)c2cc(-c3ccccc3)no2)c1N. The Morgan fingerprint density at radius 1 is 1.41 bits per heavy atom. The van der Waals surface area contributed by atoms with Gasteiger partial charge in [0.2, 0.25) is 11.5 Å². The van der Waals surface area contributed by atoms with Crippen molar-refractivity contribution >= 4 is 27.8 Å². The minimum absolute atomic E-state index is 0.0976. The van der Waals surface area contributed by atoms with E-state index in [-0.39, 0.29) is 28.1 Å². The maximum Gasteiger partial charge on any atom is 0.243 e. The van der Waals surface area contributed by atoms with E-state index >= 15 is 0 Å². The number of ketones is 1. The highest BCUT2D eigenvalue weighted by atomic mass is 32.1. The van der Waals surface area contributed by atoms with E-state index in [1.165, 1.54) is 11.3 Å². The van der Waals surface area contributed by atoms with Crippen LogP contribution in [0.1, 0.15) is 27.4 Å². The molecule has 4 N–H and O–H groups in total. The molecule has 0 radical (unpaired) electrons. The molecule has 8 heteroatoms. The molecule has 3 heterocycles. The van der Waals surface area contributed by atoms with E-state index in [1.54, 1.807) is 6.07 Å². The first kappa shape index (κ1) is 17.3. The van der Waals surface area contributed by atoms with Crippen molar-refractivity contribution in [1.82, 2.24) is 10.5 Å². The topological polar surface area (TPSA) is 117 Å². The van der Waals surface area contributed by atoms with Gasteiger partial charge in [-0.2, -0.15) is 5.26 Å². The summed E-state index contributed by atoms with van der Waals surface area (Å²) in [4.78, 5) is 13.2. The fraction of sp³-hybridized carbons (Fsp3) is 0.211. The minimum Gasteiger partial charge on any atom is -0.396 e. The lowest BCUT2D eigenvalue weighted by Crippen LogP contribution is -2.21. The first-order valence-electron chi connectivity index (χ1n) is 8.54. The van der Waals surface area contributed by atoms with Gasteiger partial charge in [0.05, 0.1) is 5.69 Å². The summed E-state index contributed by atoms with van der Waals surface area (Å²) in [5.74, 6) is -0.276. The second kappa shape index (κ2) is 7.23. The van der Waals surface area contributed by atoms with Gasteiger partial charge in [0.25, 0.3) is 0 Å². The third-order valence-corrected chi connectivity index (χ3v) is 5.60. The van der Waals surface area contributed by atoms with Gasteiger partial charge in [-0.05, 0) is 13.0 Å². The Morgan fingerprint density at radius 2 is 2.22 bits per heavy atom. The Labute approximate surface area is 159 Å². The van der Waals surface area contributed by atoms with Gasteiger partial charge in [-0.25, -0.2) is 0 Å². The van der Waals surface area contributed by atoms with Crippen LogP contribution < -0.4 is 16.4 Å². The van der Waals surface area contributed by atoms with Crippen LogP contribution in [0.15, 0.2) is 40.9 Å². The van der Waals surface area contributed by atoms with Crippen molar-refractivity contribution in [3.05, 3.63) is 52.6 Å². The summed E-state index contributed by atoms with van der Waals surface area (Å²) >= 11 is 1.18. The van der Waals surface area contributed by atoms with Crippen LogP contribution in [0, 0.1) is 11.3 Å². The molecule has 1 fully saturated rings. The lowest BCUT2D eigenvalue weighted by atomic mass is 10.1. The van der Waals surface area contributed by atoms with Gasteiger partial charge in [0.1, 0.15) is 27.2 Å². The van der Waals surface area contributed by atoms with E-state index in [9.17, 15) is 10.1 Å². The second-order valence-electron chi connectivity index (χ2n) is 6.27. The Balaban J connectivity index is 1.63. The molecule has 1 aliphatic heterocycles. The molecule has 4 rings (SSSR count). The molecule has 1 unspecified atom stereocenters. The van der Waals surface area contributed by atoms with Crippen LogP contribution in [0.25, 0.3) is 11.3 Å². The Hall–Kier alpha value is -3.15. The van der Waals surface area contributed by atoms with Crippen LogP contribution in [0.5, 0.6) is 0 Å². The van der Waals surface area contributed by atoms with Crippen LogP contribution in [-0.2, 0) is 0 Å². The van der Waals surface area contributed by atoms with Crippen molar-refractivity contribution in [1.29, 1.82) is 5.26 Å². The molecule has 0 bridgehead atoms.